The zero-order chi connectivity index (χ0) is 16.1. The van der Waals surface area contributed by atoms with E-state index in [1.165, 1.54) is 0 Å². The average molecular weight is 309 g/mol. The number of rotatable bonds is 4. The zero-order valence-electron chi connectivity index (χ0n) is 12.2. The molecule has 0 aliphatic heterocycles. The van der Waals surface area contributed by atoms with Gasteiger partial charge in [-0.1, -0.05) is 30.3 Å². The van der Waals surface area contributed by atoms with Gasteiger partial charge >= 0.3 is 6.03 Å². The van der Waals surface area contributed by atoms with Crippen LogP contribution >= 0.6 is 0 Å². The Hall–Kier alpha value is -3.22. The van der Waals surface area contributed by atoms with E-state index in [1.54, 1.807) is 18.3 Å². The number of amides is 2. The number of aromatic nitrogens is 3. The molecule has 0 fully saturated rings. The van der Waals surface area contributed by atoms with Gasteiger partial charge in [-0.2, -0.15) is 0 Å². The molecule has 0 bridgehead atoms. The SMILES string of the molecule is O=C(NCc1ccccc1)NCc1nc2ncccc2c(=O)[nH]1. The van der Waals surface area contributed by atoms with Crippen LogP contribution in [0.2, 0.25) is 0 Å². The van der Waals surface area contributed by atoms with Crippen LogP contribution in [0.15, 0.2) is 53.5 Å². The van der Waals surface area contributed by atoms with E-state index >= 15 is 0 Å². The number of hydrogen-bond donors (Lipinski definition) is 3. The van der Waals surface area contributed by atoms with E-state index in [0.717, 1.165) is 5.56 Å². The molecule has 0 aliphatic rings. The molecule has 3 N–H and O–H groups in total. The van der Waals surface area contributed by atoms with Crippen molar-refractivity contribution in [3.8, 4) is 0 Å². The molecule has 7 heteroatoms. The van der Waals surface area contributed by atoms with Crippen molar-refractivity contribution in [2.75, 3.05) is 0 Å². The van der Waals surface area contributed by atoms with Gasteiger partial charge in [-0.25, -0.2) is 14.8 Å². The molecule has 2 aromatic heterocycles. The first kappa shape index (κ1) is 14.7. The van der Waals surface area contributed by atoms with E-state index in [-0.39, 0.29) is 18.1 Å². The summed E-state index contributed by atoms with van der Waals surface area (Å²) in [6.07, 6.45) is 1.57. The first-order valence-corrected chi connectivity index (χ1v) is 7.12. The number of fused-ring (bicyclic) bond motifs is 1. The summed E-state index contributed by atoms with van der Waals surface area (Å²) in [5.74, 6) is 0.357. The third-order valence-corrected chi connectivity index (χ3v) is 3.24. The molecule has 3 rings (SSSR count). The van der Waals surface area contributed by atoms with Crippen molar-refractivity contribution in [3.63, 3.8) is 0 Å². The summed E-state index contributed by atoms with van der Waals surface area (Å²) in [6.45, 7) is 0.540. The number of urea groups is 1. The lowest BCUT2D eigenvalue weighted by Crippen LogP contribution is -2.35. The molecule has 2 heterocycles. The smallest absolute Gasteiger partial charge is 0.315 e. The molecule has 0 saturated heterocycles. The van der Waals surface area contributed by atoms with Gasteiger partial charge in [0.1, 0.15) is 5.82 Å². The maximum absolute atomic E-state index is 11.9. The first-order valence-electron chi connectivity index (χ1n) is 7.12. The Kier molecular flexibility index (Phi) is 4.28. The summed E-state index contributed by atoms with van der Waals surface area (Å²) >= 11 is 0. The zero-order valence-corrected chi connectivity index (χ0v) is 12.2. The Balaban J connectivity index is 1.60. The quantitative estimate of drug-likeness (QED) is 0.676. The van der Waals surface area contributed by atoms with Gasteiger partial charge in [-0.3, -0.25) is 4.79 Å². The standard InChI is InChI=1S/C16H15N5O2/c22-15-12-7-4-8-17-14(12)20-13(21-15)10-19-16(23)18-9-11-5-2-1-3-6-11/h1-8H,9-10H2,(H2,18,19,23)(H,17,20,21,22). The highest BCUT2D eigenvalue weighted by Gasteiger charge is 2.06. The molecule has 0 aliphatic carbocycles. The minimum atomic E-state index is -0.336. The maximum Gasteiger partial charge on any atom is 0.315 e. The Morgan fingerprint density at radius 1 is 1.04 bits per heavy atom. The number of carbonyl (C=O) groups is 1. The maximum atomic E-state index is 11.9. The number of hydrogen-bond acceptors (Lipinski definition) is 4. The van der Waals surface area contributed by atoms with Crippen LogP contribution in [0.4, 0.5) is 4.79 Å². The van der Waals surface area contributed by atoms with Crippen molar-refractivity contribution < 1.29 is 4.79 Å². The Bertz CT molecular complexity index is 876. The van der Waals surface area contributed by atoms with Crippen molar-refractivity contribution in [2.45, 2.75) is 13.1 Å². The van der Waals surface area contributed by atoms with Gasteiger partial charge in [0.2, 0.25) is 0 Å². The average Bonchev–Trinajstić information content (AvgIpc) is 2.59. The molecule has 0 spiro atoms. The van der Waals surface area contributed by atoms with Crippen LogP contribution in [-0.2, 0) is 13.1 Å². The molecular formula is C16H15N5O2. The van der Waals surface area contributed by atoms with Gasteiger partial charge < -0.3 is 15.6 Å². The summed E-state index contributed by atoms with van der Waals surface area (Å²) in [7, 11) is 0. The highest BCUT2D eigenvalue weighted by molar-refractivity contribution is 5.74. The Labute approximate surface area is 131 Å². The number of carbonyl (C=O) groups excluding carboxylic acids is 1. The van der Waals surface area contributed by atoms with Gasteiger partial charge in [0.15, 0.2) is 5.65 Å². The van der Waals surface area contributed by atoms with Gasteiger partial charge in [0.05, 0.1) is 11.9 Å². The second-order valence-corrected chi connectivity index (χ2v) is 4.91. The molecule has 0 unspecified atom stereocenters. The van der Waals surface area contributed by atoms with Gasteiger partial charge in [0, 0.05) is 12.7 Å². The van der Waals surface area contributed by atoms with Gasteiger partial charge in [0.25, 0.3) is 5.56 Å². The Morgan fingerprint density at radius 3 is 2.65 bits per heavy atom. The predicted molar refractivity (Wildman–Crippen MR) is 85.7 cm³/mol. The van der Waals surface area contributed by atoms with Crippen molar-refractivity contribution in [2.24, 2.45) is 0 Å². The van der Waals surface area contributed by atoms with Crippen LogP contribution in [0, 0.1) is 0 Å². The number of benzene rings is 1. The normalized spacial score (nSPS) is 10.4. The van der Waals surface area contributed by atoms with E-state index in [4.69, 9.17) is 0 Å². The minimum Gasteiger partial charge on any atom is -0.334 e. The summed E-state index contributed by atoms with van der Waals surface area (Å²) in [5, 5.41) is 5.81. The fourth-order valence-electron chi connectivity index (χ4n) is 2.11. The Morgan fingerprint density at radius 2 is 1.83 bits per heavy atom. The summed E-state index contributed by atoms with van der Waals surface area (Å²) in [5.41, 5.74) is 1.09. The summed E-state index contributed by atoms with van der Waals surface area (Å²) < 4.78 is 0. The van der Waals surface area contributed by atoms with Crippen LogP contribution in [0.25, 0.3) is 11.0 Å². The van der Waals surface area contributed by atoms with Crippen LogP contribution < -0.4 is 16.2 Å². The first-order chi connectivity index (χ1) is 11.2. The molecule has 0 radical (unpaired) electrons. The lowest BCUT2D eigenvalue weighted by atomic mass is 10.2. The lowest BCUT2D eigenvalue weighted by Gasteiger charge is -2.07. The topological polar surface area (TPSA) is 99.8 Å². The second kappa shape index (κ2) is 6.69. The van der Waals surface area contributed by atoms with E-state index in [2.05, 4.69) is 25.6 Å². The number of H-pyrrole nitrogens is 1. The van der Waals surface area contributed by atoms with Gasteiger partial charge in [-0.15, -0.1) is 0 Å². The van der Waals surface area contributed by atoms with Crippen LogP contribution in [0.3, 0.4) is 0 Å². The number of aromatic amines is 1. The molecule has 23 heavy (non-hydrogen) atoms. The van der Waals surface area contributed by atoms with Crippen LogP contribution in [-0.4, -0.2) is 21.0 Å². The lowest BCUT2D eigenvalue weighted by molar-refractivity contribution is 0.240. The highest BCUT2D eigenvalue weighted by atomic mass is 16.2. The van der Waals surface area contributed by atoms with E-state index < -0.39 is 0 Å². The predicted octanol–water partition coefficient (Wildman–Crippen LogP) is 1.32. The number of pyridine rings is 1. The molecular weight excluding hydrogens is 294 g/mol. The fraction of sp³-hybridized carbons (Fsp3) is 0.125. The largest absolute Gasteiger partial charge is 0.334 e. The second-order valence-electron chi connectivity index (χ2n) is 4.91. The molecule has 1 aromatic carbocycles. The summed E-state index contributed by atoms with van der Waals surface area (Å²) in [4.78, 5) is 34.6. The molecule has 116 valence electrons. The molecule has 3 aromatic rings. The van der Waals surface area contributed by atoms with E-state index in [0.29, 0.717) is 23.4 Å². The van der Waals surface area contributed by atoms with Crippen molar-refractivity contribution in [3.05, 3.63) is 70.4 Å². The van der Waals surface area contributed by atoms with Crippen LogP contribution in [0.1, 0.15) is 11.4 Å². The molecule has 0 saturated carbocycles. The van der Waals surface area contributed by atoms with Crippen LogP contribution in [0.5, 0.6) is 0 Å². The fourth-order valence-corrected chi connectivity index (χ4v) is 2.11. The third kappa shape index (κ3) is 3.70. The van der Waals surface area contributed by atoms with Gasteiger partial charge in [-0.05, 0) is 17.7 Å². The number of nitrogens with one attached hydrogen (secondary N) is 3. The minimum absolute atomic E-state index is 0.113. The van der Waals surface area contributed by atoms with Crippen molar-refractivity contribution in [1.29, 1.82) is 0 Å². The summed E-state index contributed by atoms with van der Waals surface area (Å²) in [6, 6.07) is 12.6. The van der Waals surface area contributed by atoms with E-state index in [9.17, 15) is 9.59 Å². The third-order valence-electron chi connectivity index (χ3n) is 3.24. The molecule has 2 amide bonds. The van der Waals surface area contributed by atoms with Crippen molar-refractivity contribution >= 4 is 17.1 Å². The molecule has 7 nitrogen and oxygen atoms in total. The number of nitrogens with zero attached hydrogens (tertiary/aromatic N) is 2. The monoisotopic (exact) mass is 309 g/mol. The highest BCUT2D eigenvalue weighted by Crippen LogP contribution is 2.02. The molecule has 0 atom stereocenters. The van der Waals surface area contributed by atoms with E-state index in [1.807, 2.05) is 30.3 Å². The van der Waals surface area contributed by atoms with Crippen molar-refractivity contribution in [1.82, 2.24) is 25.6 Å².